The van der Waals surface area contributed by atoms with E-state index in [1.807, 2.05) is 72.9 Å². The largest absolute Gasteiger partial charge is 0.294 e. The molecule has 0 aliphatic rings. The second kappa shape index (κ2) is 14.2. The lowest BCUT2D eigenvalue weighted by molar-refractivity contribution is 1.07. The fourth-order valence-electron chi connectivity index (χ4n) is 8.12. The Kier molecular flexibility index (Phi) is 8.43. The van der Waals surface area contributed by atoms with Gasteiger partial charge in [0.25, 0.3) is 0 Å². The topological polar surface area (TPSA) is 56.5 Å². The van der Waals surface area contributed by atoms with Crippen molar-refractivity contribution < 1.29 is 0 Å². The predicted octanol–water partition coefficient (Wildman–Crippen LogP) is 8.74. The molecule has 0 radical (unpaired) electrons. The van der Waals surface area contributed by atoms with Crippen LogP contribution in [0.2, 0.25) is 0 Å². The van der Waals surface area contributed by atoms with E-state index in [1.165, 1.54) is 26.1 Å². The molecule has 0 saturated carbocycles. The normalized spacial score (nSPS) is 11.6. The third kappa shape index (κ3) is 5.71. The smallest absolute Gasteiger partial charge is 0.179 e. The average molecular weight is 734 g/mol. The van der Waals surface area contributed by atoms with Crippen LogP contribution in [-0.4, -0.2) is 32.6 Å². The SMILES string of the molecule is c1ccc(-c2nc(-c3ccccc3)nc(-c3cccc([Si](c4ccccc4)(c4ccccc4)c4ccc5c6cccnc6n(-c6ccccc6)c5c4)c3)n2)cc1. The first kappa shape index (κ1) is 33.3. The quantitative estimate of drug-likeness (QED) is 0.116. The van der Waals surface area contributed by atoms with Crippen molar-refractivity contribution in [1.82, 2.24) is 24.5 Å². The van der Waals surface area contributed by atoms with Gasteiger partial charge in [0, 0.05) is 39.3 Å². The van der Waals surface area contributed by atoms with Crippen LogP contribution in [-0.2, 0) is 0 Å². The van der Waals surface area contributed by atoms with Crippen molar-refractivity contribution in [3.05, 3.63) is 212 Å². The van der Waals surface area contributed by atoms with Crippen LogP contribution in [0.4, 0.5) is 0 Å². The van der Waals surface area contributed by atoms with E-state index in [0.717, 1.165) is 38.9 Å². The molecule has 0 N–H and O–H groups in total. The molecule has 0 amide bonds. The molecule has 7 aromatic carbocycles. The first-order valence-corrected chi connectivity index (χ1v) is 20.8. The summed E-state index contributed by atoms with van der Waals surface area (Å²) < 4.78 is 2.31. The second-order valence-electron chi connectivity index (χ2n) is 13.9. The number of para-hydroxylation sites is 1. The van der Waals surface area contributed by atoms with Gasteiger partial charge in [0.1, 0.15) is 5.65 Å². The summed E-state index contributed by atoms with van der Waals surface area (Å²) in [6.45, 7) is 0. The number of benzene rings is 7. The first-order chi connectivity index (χ1) is 27.8. The van der Waals surface area contributed by atoms with E-state index >= 15 is 0 Å². The van der Waals surface area contributed by atoms with Crippen LogP contribution in [0.25, 0.3) is 61.8 Å². The van der Waals surface area contributed by atoms with Crippen molar-refractivity contribution in [2.75, 3.05) is 0 Å². The molecule has 5 nitrogen and oxygen atoms in total. The molecule has 0 atom stereocenters. The van der Waals surface area contributed by atoms with Gasteiger partial charge in [-0.1, -0.05) is 176 Å². The van der Waals surface area contributed by atoms with Crippen LogP contribution >= 0.6 is 0 Å². The van der Waals surface area contributed by atoms with Crippen LogP contribution in [0.3, 0.4) is 0 Å². The number of hydrogen-bond donors (Lipinski definition) is 0. The Morgan fingerprint density at radius 2 is 0.839 bits per heavy atom. The fourth-order valence-corrected chi connectivity index (χ4v) is 12.9. The van der Waals surface area contributed by atoms with E-state index < -0.39 is 8.07 Å². The molecule has 6 heteroatoms. The lowest BCUT2D eigenvalue weighted by Crippen LogP contribution is -2.74. The maximum atomic E-state index is 5.13. The molecule has 0 saturated heterocycles. The number of rotatable bonds is 8. The Balaban J connectivity index is 1.26. The highest BCUT2D eigenvalue weighted by atomic mass is 28.3. The third-order valence-corrected chi connectivity index (χ3v) is 15.4. The predicted molar refractivity (Wildman–Crippen MR) is 232 cm³/mol. The van der Waals surface area contributed by atoms with Crippen LogP contribution in [0.1, 0.15) is 0 Å². The standard InChI is InChI=1S/C50H35N5Si/c1-6-18-36(19-7-1)47-52-48(37-20-8-2-9-21-37)54-49(53-47)38-22-16-29-42(34-38)56(40-25-12-4-13-26-40,41-27-14-5-15-28-41)43-31-32-44-45-30-17-33-51-50(45)55(46(44)35-43)39-23-10-3-11-24-39/h1-35H. The molecule has 56 heavy (non-hydrogen) atoms. The highest BCUT2D eigenvalue weighted by Crippen LogP contribution is 2.31. The molecule has 264 valence electrons. The average Bonchev–Trinajstić information content (AvgIpc) is 3.62. The highest BCUT2D eigenvalue weighted by molar-refractivity contribution is 7.20. The van der Waals surface area contributed by atoms with E-state index in [1.54, 1.807) is 0 Å². The van der Waals surface area contributed by atoms with Gasteiger partial charge in [0.15, 0.2) is 25.5 Å². The van der Waals surface area contributed by atoms with E-state index in [2.05, 4.69) is 144 Å². The molecular weight excluding hydrogens is 699 g/mol. The maximum Gasteiger partial charge on any atom is 0.179 e. The van der Waals surface area contributed by atoms with Gasteiger partial charge in [0.2, 0.25) is 0 Å². The van der Waals surface area contributed by atoms with Gasteiger partial charge in [-0.05, 0) is 51.1 Å². The summed E-state index contributed by atoms with van der Waals surface area (Å²) in [5.74, 6) is 1.92. The number of pyridine rings is 1. The van der Waals surface area contributed by atoms with Crippen molar-refractivity contribution in [2.45, 2.75) is 0 Å². The van der Waals surface area contributed by atoms with Crippen molar-refractivity contribution in [2.24, 2.45) is 0 Å². The Morgan fingerprint density at radius 1 is 0.357 bits per heavy atom. The Hall–Kier alpha value is -7.28. The maximum absolute atomic E-state index is 5.13. The summed E-state index contributed by atoms with van der Waals surface area (Å²) in [5, 5.41) is 7.37. The van der Waals surface area contributed by atoms with E-state index in [9.17, 15) is 0 Å². The minimum absolute atomic E-state index is 0.634. The van der Waals surface area contributed by atoms with E-state index in [0.29, 0.717) is 17.5 Å². The molecule has 3 heterocycles. The number of hydrogen-bond acceptors (Lipinski definition) is 4. The zero-order valence-electron chi connectivity index (χ0n) is 30.4. The van der Waals surface area contributed by atoms with Crippen LogP contribution in [0, 0.1) is 0 Å². The molecule has 10 rings (SSSR count). The minimum atomic E-state index is -3.01. The van der Waals surface area contributed by atoms with Crippen molar-refractivity contribution in [3.63, 3.8) is 0 Å². The summed E-state index contributed by atoms with van der Waals surface area (Å²) >= 11 is 0. The Bertz CT molecular complexity index is 2860. The highest BCUT2D eigenvalue weighted by Gasteiger charge is 2.42. The van der Waals surface area contributed by atoms with Crippen LogP contribution < -0.4 is 20.7 Å². The summed E-state index contributed by atoms with van der Waals surface area (Å²) in [5.41, 5.74) is 5.97. The monoisotopic (exact) mass is 733 g/mol. The van der Waals surface area contributed by atoms with Gasteiger partial charge in [-0.25, -0.2) is 19.9 Å². The molecule has 3 aromatic heterocycles. The fraction of sp³-hybridized carbons (Fsp3) is 0. The number of fused-ring (bicyclic) bond motifs is 3. The molecule has 10 aromatic rings. The zero-order valence-corrected chi connectivity index (χ0v) is 31.4. The van der Waals surface area contributed by atoms with E-state index in [-0.39, 0.29) is 0 Å². The molecule has 0 fully saturated rings. The van der Waals surface area contributed by atoms with Crippen molar-refractivity contribution in [1.29, 1.82) is 0 Å². The molecule has 0 unspecified atom stereocenters. The van der Waals surface area contributed by atoms with Gasteiger partial charge in [-0.3, -0.25) is 4.57 Å². The summed E-state index contributed by atoms with van der Waals surface area (Å²) in [6.07, 6.45) is 1.88. The number of nitrogens with zero attached hydrogens (tertiary/aromatic N) is 5. The van der Waals surface area contributed by atoms with Crippen molar-refractivity contribution in [3.8, 4) is 39.9 Å². The lowest BCUT2D eigenvalue weighted by atomic mass is 10.1. The minimum Gasteiger partial charge on any atom is -0.294 e. The van der Waals surface area contributed by atoms with Crippen LogP contribution in [0.15, 0.2) is 212 Å². The van der Waals surface area contributed by atoms with Crippen molar-refractivity contribution >= 4 is 50.8 Å². The second-order valence-corrected chi connectivity index (χ2v) is 17.7. The van der Waals surface area contributed by atoms with Crippen LogP contribution in [0.5, 0.6) is 0 Å². The molecule has 0 spiro atoms. The zero-order chi connectivity index (χ0) is 37.3. The van der Waals surface area contributed by atoms with E-state index in [4.69, 9.17) is 19.9 Å². The third-order valence-electron chi connectivity index (χ3n) is 10.6. The van der Waals surface area contributed by atoms with Gasteiger partial charge >= 0.3 is 0 Å². The Morgan fingerprint density at radius 3 is 1.43 bits per heavy atom. The summed E-state index contributed by atoms with van der Waals surface area (Å²) in [6, 6.07) is 73.1. The summed E-state index contributed by atoms with van der Waals surface area (Å²) in [4.78, 5) is 20.2. The van der Waals surface area contributed by atoms with Gasteiger partial charge in [-0.2, -0.15) is 0 Å². The molecular formula is C50H35N5Si. The molecule has 0 aliphatic carbocycles. The Labute approximate surface area is 326 Å². The first-order valence-electron chi connectivity index (χ1n) is 18.8. The number of aromatic nitrogens is 5. The van der Waals surface area contributed by atoms with Gasteiger partial charge < -0.3 is 0 Å². The molecule has 0 aliphatic heterocycles. The van der Waals surface area contributed by atoms with Gasteiger partial charge in [0.05, 0.1) is 5.52 Å². The van der Waals surface area contributed by atoms with Gasteiger partial charge in [-0.15, -0.1) is 0 Å². The lowest BCUT2D eigenvalue weighted by Gasteiger charge is -2.34. The molecule has 0 bridgehead atoms. The summed E-state index contributed by atoms with van der Waals surface area (Å²) in [7, 11) is -3.01.